The van der Waals surface area contributed by atoms with E-state index in [1.54, 1.807) is 30.6 Å². The topological polar surface area (TPSA) is 45.9 Å². The van der Waals surface area contributed by atoms with Crippen molar-refractivity contribution in [1.82, 2.24) is 4.98 Å². The maximum Gasteiger partial charge on any atom is 0.139 e. The van der Waals surface area contributed by atoms with Crippen LogP contribution in [-0.4, -0.2) is 4.98 Å². The van der Waals surface area contributed by atoms with Gasteiger partial charge >= 0.3 is 0 Å². The zero-order chi connectivity index (χ0) is 17.1. The molecule has 1 atom stereocenters. The molecule has 0 aliphatic heterocycles. The largest absolute Gasteiger partial charge is 0.484 e. The third-order valence-electron chi connectivity index (χ3n) is 3.43. The molecule has 3 rings (SSSR count). The number of rotatable bonds is 4. The van der Waals surface area contributed by atoms with E-state index in [0.29, 0.717) is 20.7 Å². The molecule has 0 spiro atoms. The molecule has 3 nitrogen and oxygen atoms in total. The number of thiophene rings is 1. The molecule has 0 amide bonds. The average Bonchev–Trinajstić information content (AvgIpc) is 3.04. The highest BCUT2D eigenvalue weighted by atomic mass is 35.5. The van der Waals surface area contributed by atoms with Crippen molar-refractivity contribution >= 4 is 34.5 Å². The summed E-state index contributed by atoms with van der Waals surface area (Å²) in [5.41, 5.74) is 1.77. The van der Waals surface area contributed by atoms with Crippen molar-refractivity contribution in [2.45, 2.75) is 13.0 Å². The Balaban J connectivity index is 1.83. The first-order valence-electron chi connectivity index (χ1n) is 7.14. The number of hydrogen-bond acceptors (Lipinski definition) is 4. The maximum absolute atomic E-state index is 8.94. The monoisotopic (exact) mass is 374 g/mol. The van der Waals surface area contributed by atoms with Crippen LogP contribution in [0.4, 0.5) is 0 Å². The zero-order valence-corrected chi connectivity index (χ0v) is 15.0. The molecule has 6 heteroatoms. The summed E-state index contributed by atoms with van der Waals surface area (Å²) in [6.07, 6.45) is 3.16. The molecule has 0 N–H and O–H groups in total. The number of benzene rings is 1. The number of hydrogen-bond donors (Lipinski definition) is 0. The molecule has 0 saturated heterocycles. The lowest BCUT2D eigenvalue weighted by Crippen LogP contribution is -2.04. The average molecular weight is 375 g/mol. The van der Waals surface area contributed by atoms with Crippen LogP contribution >= 0.6 is 34.5 Å². The third-order valence-corrected chi connectivity index (χ3v) is 5.03. The fourth-order valence-electron chi connectivity index (χ4n) is 2.27. The van der Waals surface area contributed by atoms with Gasteiger partial charge in [-0.25, -0.2) is 0 Å². The summed E-state index contributed by atoms with van der Waals surface area (Å²) < 4.78 is 5.97. The van der Waals surface area contributed by atoms with Crippen LogP contribution in [0.5, 0.6) is 5.75 Å². The van der Waals surface area contributed by atoms with Gasteiger partial charge in [0, 0.05) is 32.2 Å². The van der Waals surface area contributed by atoms with E-state index in [4.69, 9.17) is 33.2 Å². The van der Waals surface area contributed by atoms with Gasteiger partial charge in [0.2, 0.25) is 0 Å². The van der Waals surface area contributed by atoms with E-state index in [2.05, 4.69) is 11.1 Å². The minimum atomic E-state index is -0.246. The third kappa shape index (κ3) is 3.70. The quantitative estimate of drug-likeness (QED) is 0.551. The fourth-order valence-corrected chi connectivity index (χ4v) is 3.62. The molecular formula is C18H12Cl2N2OS. The molecule has 2 heterocycles. The van der Waals surface area contributed by atoms with Crippen molar-refractivity contribution in [2.75, 3.05) is 0 Å². The van der Waals surface area contributed by atoms with E-state index in [1.807, 2.05) is 25.1 Å². The van der Waals surface area contributed by atoms with Crippen LogP contribution in [0.2, 0.25) is 10.0 Å². The summed E-state index contributed by atoms with van der Waals surface area (Å²) in [7, 11) is 0. The van der Waals surface area contributed by atoms with E-state index in [9.17, 15) is 0 Å². The molecule has 0 fully saturated rings. The summed E-state index contributed by atoms with van der Waals surface area (Å²) in [4.78, 5) is 5.86. The van der Waals surface area contributed by atoms with Crippen LogP contribution in [0.1, 0.15) is 23.5 Å². The number of pyridine rings is 1. The smallest absolute Gasteiger partial charge is 0.139 e. The minimum Gasteiger partial charge on any atom is -0.484 e. The number of halogens is 2. The molecular weight excluding hydrogens is 363 g/mol. The van der Waals surface area contributed by atoms with Gasteiger partial charge in [-0.2, -0.15) is 5.26 Å². The van der Waals surface area contributed by atoms with Crippen molar-refractivity contribution in [3.05, 3.63) is 69.3 Å². The van der Waals surface area contributed by atoms with E-state index < -0.39 is 0 Å². The molecule has 1 aromatic carbocycles. The van der Waals surface area contributed by atoms with Crippen LogP contribution in [0.3, 0.4) is 0 Å². The lowest BCUT2D eigenvalue weighted by molar-refractivity contribution is 0.226. The van der Waals surface area contributed by atoms with E-state index in [-0.39, 0.29) is 6.10 Å². The summed E-state index contributed by atoms with van der Waals surface area (Å²) in [5, 5.41) is 10.1. The molecule has 24 heavy (non-hydrogen) atoms. The zero-order valence-electron chi connectivity index (χ0n) is 12.7. The Hall–Kier alpha value is -2.06. The highest BCUT2D eigenvalue weighted by Gasteiger charge is 2.13. The first-order valence-corrected chi connectivity index (χ1v) is 8.71. The molecule has 0 aliphatic carbocycles. The summed E-state index contributed by atoms with van der Waals surface area (Å²) in [6, 6.07) is 13.1. The fraction of sp³-hybridized carbons (Fsp3) is 0.111. The Morgan fingerprint density at radius 1 is 1.17 bits per heavy atom. The molecule has 0 bridgehead atoms. The predicted octanol–water partition coefficient (Wildman–Crippen LogP) is 6.13. The van der Waals surface area contributed by atoms with Crippen LogP contribution in [0.15, 0.2) is 48.8 Å². The molecule has 0 aliphatic rings. The Morgan fingerprint density at radius 3 is 2.71 bits per heavy atom. The second-order valence-corrected chi connectivity index (χ2v) is 7.04. The molecule has 0 radical (unpaired) electrons. The van der Waals surface area contributed by atoms with Gasteiger partial charge in [0.15, 0.2) is 0 Å². The summed E-state index contributed by atoms with van der Waals surface area (Å²) >= 11 is 13.6. The van der Waals surface area contributed by atoms with Crippen molar-refractivity contribution in [1.29, 1.82) is 5.26 Å². The van der Waals surface area contributed by atoms with Gasteiger partial charge in [-0.3, -0.25) is 4.98 Å². The van der Waals surface area contributed by atoms with Gasteiger partial charge in [-0.1, -0.05) is 29.3 Å². The minimum absolute atomic E-state index is 0.246. The molecule has 2 aromatic heterocycles. The molecule has 120 valence electrons. The molecule has 3 aromatic rings. The number of nitriles is 1. The molecule has 0 saturated carbocycles. The summed E-state index contributed by atoms with van der Waals surface area (Å²) in [6.45, 7) is 1.92. The number of nitrogens with zero attached hydrogens (tertiary/aromatic N) is 2. The van der Waals surface area contributed by atoms with E-state index in [0.717, 1.165) is 16.0 Å². The van der Waals surface area contributed by atoms with E-state index in [1.165, 1.54) is 11.3 Å². The number of ether oxygens (including phenoxy) is 1. The van der Waals surface area contributed by atoms with Crippen molar-refractivity contribution in [2.24, 2.45) is 0 Å². The number of aromatic nitrogens is 1. The second kappa shape index (κ2) is 7.23. The van der Waals surface area contributed by atoms with Crippen molar-refractivity contribution < 1.29 is 4.74 Å². The van der Waals surface area contributed by atoms with Gasteiger partial charge in [0.05, 0.1) is 6.20 Å². The van der Waals surface area contributed by atoms with Gasteiger partial charge in [-0.15, -0.1) is 11.3 Å². The lowest BCUT2D eigenvalue weighted by atomic mass is 10.1. The Bertz CT molecular complexity index is 917. The Morgan fingerprint density at radius 2 is 2.00 bits per heavy atom. The van der Waals surface area contributed by atoms with Gasteiger partial charge in [0.25, 0.3) is 0 Å². The van der Waals surface area contributed by atoms with E-state index >= 15 is 0 Å². The second-order valence-electron chi connectivity index (χ2n) is 5.11. The van der Waals surface area contributed by atoms with Crippen molar-refractivity contribution in [3.8, 4) is 22.3 Å². The maximum atomic E-state index is 8.94. The van der Waals surface area contributed by atoms with Crippen LogP contribution < -0.4 is 4.74 Å². The van der Waals surface area contributed by atoms with Gasteiger partial charge in [0.1, 0.15) is 22.8 Å². The SMILES string of the molecule is CC(Oc1cncc(-c2ccc(C#N)s2)c1)c1ccc(Cl)cc1Cl. The van der Waals surface area contributed by atoms with Crippen LogP contribution in [0.25, 0.3) is 10.4 Å². The molecule has 1 unspecified atom stereocenters. The first-order chi connectivity index (χ1) is 11.6. The van der Waals surface area contributed by atoms with Crippen LogP contribution in [-0.2, 0) is 0 Å². The highest BCUT2D eigenvalue weighted by molar-refractivity contribution is 7.16. The lowest BCUT2D eigenvalue weighted by Gasteiger charge is -2.16. The predicted molar refractivity (Wildman–Crippen MR) is 97.8 cm³/mol. The normalized spacial score (nSPS) is 11.8. The summed E-state index contributed by atoms with van der Waals surface area (Å²) in [5.74, 6) is 0.637. The Labute approximate surface area is 154 Å². The van der Waals surface area contributed by atoms with Gasteiger partial charge < -0.3 is 4.74 Å². The van der Waals surface area contributed by atoms with Crippen LogP contribution in [0, 0.1) is 11.3 Å². The van der Waals surface area contributed by atoms with Gasteiger partial charge in [-0.05, 0) is 37.3 Å². The highest BCUT2D eigenvalue weighted by Crippen LogP contribution is 2.32. The Kier molecular flexibility index (Phi) is 5.06. The first kappa shape index (κ1) is 16.8. The standard InChI is InChI=1S/C18H12Cl2N2OS/c1-11(16-4-2-13(19)7-17(16)20)23-14-6-12(9-22-10-14)18-5-3-15(8-21)24-18/h2-7,9-11H,1H3. The van der Waals surface area contributed by atoms with Crippen molar-refractivity contribution in [3.63, 3.8) is 0 Å².